The van der Waals surface area contributed by atoms with Crippen molar-refractivity contribution in [3.8, 4) is 0 Å². The SMILES string of the molecule is C[Si](C)(C)C[C@H](CN)c1ccccc1. The summed E-state index contributed by atoms with van der Waals surface area (Å²) < 4.78 is 0. The lowest BCUT2D eigenvalue weighted by atomic mass is 10.0. The second-order valence-corrected chi connectivity index (χ2v) is 10.6. The molecule has 0 fully saturated rings. The van der Waals surface area contributed by atoms with Crippen LogP contribution in [0.15, 0.2) is 30.3 Å². The van der Waals surface area contributed by atoms with Gasteiger partial charge < -0.3 is 5.73 Å². The van der Waals surface area contributed by atoms with Gasteiger partial charge in [-0.1, -0.05) is 50.0 Å². The van der Waals surface area contributed by atoms with Crippen molar-refractivity contribution in [3.63, 3.8) is 0 Å². The fourth-order valence-corrected chi connectivity index (χ4v) is 3.68. The largest absolute Gasteiger partial charge is 0.330 e. The molecule has 1 rings (SSSR count). The summed E-state index contributed by atoms with van der Waals surface area (Å²) in [4.78, 5) is 0. The zero-order valence-corrected chi connectivity index (χ0v) is 10.5. The Labute approximate surface area is 88.3 Å². The Morgan fingerprint density at radius 3 is 2.14 bits per heavy atom. The Bertz CT molecular complexity index is 263. The summed E-state index contributed by atoms with van der Waals surface area (Å²) >= 11 is 0. The molecule has 0 amide bonds. The van der Waals surface area contributed by atoms with Gasteiger partial charge in [0.25, 0.3) is 0 Å². The minimum atomic E-state index is -1.00. The van der Waals surface area contributed by atoms with Crippen LogP contribution in [-0.4, -0.2) is 14.6 Å². The summed E-state index contributed by atoms with van der Waals surface area (Å²) in [5.74, 6) is 0.558. The summed E-state index contributed by atoms with van der Waals surface area (Å²) in [6.45, 7) is 7.98. The lowest BCUT2D eigenvalue weighted by molar-refractivity contribution is 0.760. The van der Waals surface area contributed by atoms with Gasteiger partial charge in [-0.15, -0.1) is 0 Å². The standard InChI is InChI=1S/C12H21NSi/c1-14(2,3)10-12(9-13)11-7-5-4-6-8-11/h4-8,12H,9-10,13H2,1-3H3/t12-/m0/s1. The van der Waals surface area contributed by atoms with E-state index in [1.807, 2.05) is 0 Å². The fraction of sp³-hybridized carbons (Fsp3) is 0.500. The smallest absolute Gasteiger partial charge is 0.0449 e. The highest BCUT2D eigenvalue weighted by atomic mass is 28.3. The second kappa shape index (κ2) is 4.76. The van der Waals surface area contributed by atoms with Gasteiger partial charge in [0.2, 0.25) is 0 Å². The van der Waals surface area contributed by atoms with Crippen LogP contribution in [0, 0.1) is 0 Å². The highest BCUT2D eigenvalue weighted by Gasteiger charge is 2.20. The first-order valence-corrected chi connectivity index (χ1v) is 8.98. The first-order valence-electron chi connectivity index (χ1n) is 5.28. The number of hydrogen-bond acceptors (Lipinski definition) is 1. The third kappa shape index (κ3) is 3.64. The Kier molecular flexibility index (Phi) is 3.90. The molecule has 0 saturated heterocycles. The van der Waals surface area contributed by atoms with Crippen LogP contribution in [0.5, 0.6) is 0 Å². The molecule has 2 heteroatoms. The predicted octanol–water partition coefficient (Wildman–Crippen LogP) is 3.07. The van der Waals surface area contributed by atoms with Crippen molar-refractivity contribution in [2.24, 2.45) is 5.73 Å². The molecule has 0 aliphatic carbocycles. The quantitative estimate of drug-likeness (QED) is 0.755. The van der Waals surface area contributed by atoms with Gasteiger partial charge in [-0.2, -0.15) is 0 Å². The van der Waals surface area contributed by atoms with Crippen molar-refractivity contribution in [2.45, 2.75) is 31.6 Å². The Morgan fingerprint density at radius 1 is 1.14 bits per heavy atom. The average Bonchev–Trinajstić information content (AvgIpc) is 2.14. The van der Waals surface area contributed by atoms with E-state index in [0.29, 0.717) is 5.92 Å². The third-order valence-electron chi connectivity index (χ3n) is 2.41. The van der Waals surface area contributed by atoms with E-state index in [1.165, 1.54) is 11.6 Å². The van der Waals surface area contributed by atoms with E-state index in [4.69, 9.17) is 5.73 Å². The fourth-order valence-electron chi connectivity index (χ4n) is 1.80. The normalized spacial score (nSPS) is 14.0. The van der Waals surface area contributed by atoms with E-state index in [0.717, 1.165) is 6.54 Å². The zero-order valence-electron chi connectivity index (χ0n) is 9.46. The lowest BCUT2D eigenvalue weighted by Gasteiger charge is -2.23. The van der Waals surface area contributed by atoms with Crippen molar-refractivity contribution in [3.05, 3.63) is 35.9 Å². The maximum absolute atomic E-state index is 5.83. The van der Waals surface area contributed by atoms with Crippen molar-refractivity contribution in [1.29, 1.82) is 0 Å². The Morgan fingerprint density at radius 2 is 1.71 bits per heavy atom. The molecule has 1 atom stereocenters. The van der Waals surface area contributed by atoms with Gasteiger partial charge in [-0.3, -0.25) is 0 Å². The molecule has 1 nitrogen and oxygen atoms in total. The van der Waals surface area contributed by atoms with Crippen LogP contribution < -0.4 is 5.73 Å². The molecule has 78 valence electrons. The van der Waals surface area contributed by atoms with Gasteiger partial charge in [0.15, 0.2) is 0 Å². The molecular formula is C12H21NSi. The topological polar surface area (TPSA) is 26.0 Å². The summed E-state index contributed by atoms with van der Waals surface area (Å²) in [5, 5.41) is 0. The highest BCUT2D eigenvalue weighted by Crippen LogP contribution is 2.25. The second-order valence-electron chi connectivity index (χ2n) is 5.11. The van der Waals surface area contributed by atoms with Gasteiger partial charge in [0.05, 0.1) is 0 Å². The van der Waals surface area contributed by atoms with Gasteiger partial charge in [0.1, 0.15) is 0 Å². The predicted molar refractivity (Wildman–Crippen MR) is 66.4 cm³/mol. The number of rotatable bonds is 4. The molecule has 1 aromatic rings. The summed E-state index contributed by atoms with van der Waals surface area (Å²) in [5.41, 5.74) is 7.23. The monoisotopic (exact) mass is 207 g/mol. The molecule has 14 heavy (non-hydrogen) atoms. The summed E-state index contributed by atoms with van der Waals surface area (Å²) in [7, 11) is -1.00. The van der Waals surface area contributed by atoms with Crippen LogP contribution in [0.4, 0.5) is 0 Å². The molecule has 0 radical (unpaired) electrons. The summed E-state index contributed by atoms with van der Waals surface area (Å²) in [6, 6.07) is 11.9. The maximum Gasteiger partial charge on any atom is 0.0449 e. The van der Waals surface area contributed by atoms with E-state index in [1.54, 1.807) is 0 Å². The molecule has 1 aromatic carbocycles. The van der Waals surface area contributed by atoms with Crippen LogP contribution in [0.3, 0.4) is 0 Å². The molecule has 0 aliphatic heterocycles. The van der Waals surface area contributed by atoms with Gasteiger partial charge in [-0.05, 0) is 24.1 Å². The van der Waals surface area contributed by atoms with E-state index in [9.17, 15) is 0 Å². The van der Waals surface area contributed by atoms with Gasteiger partial charge >= 0.3 is 0 Å². The third-order valence-corrected chi connectivity index (χ3v) is 4.13. The molecule has 0 aromatic heterocycles. The minimum Gasteiger partial charge on any atom is -0.330 e. The highest BCUT2D eigenvalue weighted by molar-refractivity contribution is 6.76. The Balaban J connectivity index is 2.73. The van der Waals surface area contributed by atoms with Crippen LogP contribution in [-0.2, 0) is 0 Å². The first kappa shape index (κ1) is 11.5. The van der Waals surface area contributed by atoms with Crippen molar-refractivity contribution in [2.75, 3.05) is 6.54 Å². The molecule has 0 saturated carbocycles. The molecule has 0 aliphatic rings. The lowest BCUT2D eigenvalue weighted by Crippen LogP contribution is -2.26. The first-order chi connectivity index (χ1) is 6.53. The van der Waals surface area contributed by atoms with E-state index in [-0.39, 0.29) is 0 Å². The number of hydrogen-bond donors (Lipinski definition) is 1. The Hall–Kier alpha value is -0.603. The van der Waals surface area contributed by atoms with Crippen molar-refractivity contribution < 1.29 is 0 Å². The van der Waals surface area contributed by atoms with Gasteiger partial charge in [-0.25, -0.2) is 0 Å². The summed E-state index contributed by atoms with van der Waals surface area (Å²) in [6.07, 6.45) is 0. The van der Waals surface area contributed by atoms with Crippen molar-refractivity contribution >= 4 is 8.07 Å². The van der Waals surface area contributed by atoms with E-state index < -0.39 is 8.07 Å². The molecular weight excluding hydrogens is 186 g/mol. The van der Waals surface area contributed by atoms with E-state index >= 15 is 0 Å². The molecule has 2 N–H and O–H groups in total. The zero-order chi connectivity index (χ0) is 10.6. The average molecular weight is 207 g/mol. The molecule has 0 heterocycles. The maximum atomic E-state index is 5.83. The van der Waals surface area contributed by atoms with E-state index in [2.05, 4.69) is 50.0 Å². The van der Waals surface area contributed by atoms with Crippen LogP contribution in [0.2, 0.25) is 25.7 Å². The van der Waals surface area contributed by atoms with Crippen LogP contribution in [0.1, 0.15) is 11.5 Å². The van der Waals surface area contributed by atoms with Gasteiger partial charge in [0, 0.05) is 8.07 Å². The molecule has 0 bridgehead atoms. The molecule has 0 spiro atoms. The number of nitrogens with two attached hydrogens (primary N) is 1. The minimum absolute atomic E-state index is 0.558. The molecule has 0 unspecified atom stereocenters. The van der Waals surface area contributed by atoms with Crippen molar-refractivity contribution in [1.82, 2.24) is 0 Å². The number of benzene rings is 1. The van der Waals surface area contributed by atoms with Crippen LogP contribution >= 0.6 is 0 Å². The van der Waals surface area contributed by atoms with Crippen LogP contribution in [0.25, 0.3) is 0 Å².